The van der Waals surface area contributed by atoms with Crippen LogP contribution >= 0.6 is 0 Å². The molecule has 0 saturated carbocycles. The van der Waals surface area contributed by atoms with Gasteiger partial charge in [0.2, 0.25) is 19.5 Å². The van der Waals surface area contributed by atoms with Crippen LogP contribution in [0.25, 0.3) is 0 Å². The van der Waals surface area contributed by atoms with E-state index in [4.69, 9.17) is 18.9 Å². The number of aromatic nitrogens is 2. The summed E-state index contributed by atoms with van der Waals surface area (Å²) in [5, 5.41) is 5.90. The first kappa shape index (κ1) is 17.1. The van der Waals surface area contributed by atoms with Crippen LogP contribution < -0.4 is 29.6 Å². The predicted octanol–water partition coefficient (Wildman–Crippen LogP) is 2.80. The van der Waals surface area contributed by atoms with Gasteiger partial charge in [-0.3, -0.25) is 4.79 Å². The number of rotatable bonds is 5. The van der Waals surface area contributed by atoms with Crippen molar-refractivity contribution >= 4 is 17.5 Å². The van der Waals surface area contributed by atoms with Crippen LogP contribution in [0, 0.1) is 0 Å². The van der Waals surface area contributed by atoms with Crippen molar-refractivity contribution in [1.82, 2.24) is 9.97 Å². The minimum Gasteiger partial charge on any atom is -0.454 e. The first-order valence-electron chi connectivity index (χ1n) is 8.90. The monoisotopic (exact) mass is 392 g/mol. The molecule has 3 heterocycles. The molecule has 0 fully saturated rings. The summed E-state index contributed by atoms with van der Waals surface area (Å²) in [5.41, 5.74) is 1.95. The van der Waals surface area contributed by atoms with Crippen LogP contribution in [0.1, 0.15) is 15.9 Å². The molecule has 0 bridgehead atoms. The van der Waals surface area contributed by atoms with E-state index in [1.807, 2.05) is 18.2 Å². The highest BCUT2D eigenvalue weighted by molar-refractivity contribution is 6.04. The molecule has 29 heavy (non-hydrogen) atoms. The number of carbonyl (C=O) groups is 1. The Bertz CT molecular complexity index is 1070. The van der Waals surface area contributed by atoms with Gasteiger partial charge in [-0.05, 0) is 29.8 Å². The molecule has 9 heteroatoms. The fourth-order valence-electron chi connectivity index (χ4n) is 2.95. The Morgan fingerprint density at radius 1 is 0.862 bits per heavy atom. The van der Waals surface area contributed by atoms with Gasteiger partial charge in [0.15, 0.2) is 23.0 Å². The second-order valence-corrected chi connectivity index (χ2v) is 6.36. The van der Waals surface area contributed by atoms with Crippen molar-refractivity contribution in [3.8, 4) is 23.0 Å². The summed E-state index contributed by atoms with van der Waals surface area (Å²) in [7, 11) is 0. The highest BCUT2D eigenvalue weighted by Gasteiger charge is 2.15. The van der Waals surface area contributed by atoms with Crippen LogP contribution in [0.2, 0.25) is 0 Å². The van der Waals surface area contributed by atoms with E-state index >= 15 is 0 Å². The van der Waals surface area contributed by atoms with Crippen molar-refractivity contribution in [2.75, 3.05) is 24.2 Å². The quantitative estimate of drug-likeness (QED) is 0.683. The molecule has 146 valence electrons. The topological polar surface area (TPSA) is 104 Å². The van der Waals surface area contributed by atoms with E-state index in [1.165, 1.54) is 12.4 Å². The normalized spacial score (nSPS) is 13.2. The highest BCUT2D eigenvalue weighted by atomic mass is 16.7. The van der Waals surface area contributed by atoms with E-state index in [2.05, 4.69) is 20.6 Å². The lowest BCUT2D eigenvalue weighted by molar-refractivity contribution is 0.102. The summed E-state index contributed by atoms with van der Waals surface area (Å²) < 4.78 is 21.2. The van der Waals surface area contributed by atoms with Crippen LogP contribution in [0.3, 0.4) is 0 Å². The zero-order valence-electron chi connectivity index (χ0n) is 15.2. The lowest BCUT2D eigenvalue weighted by atomic mass is 10.2. The van der Waals surface area contributed by atoms with E-state index in [1.54, 1.807) is 18.2 Å². The number of fused-ring (bicyclic) bond motifs is 2. The van der Waals surface area contributed by atoms with Gasteiger partial charge in [-0.1, -0.05) is 6.07 Å². The second kappa shape index (κ2) is 7.19. The molecule has 5 rings (SSSR count). The minimum absolute atomic E-state index is 0.182. The molecule has 1 amide bonds. The van der Waals surface area contributed by atoms with E-state index in [0.29, 0.717) is 35.2 Å². The smallest absolute Gasteiger partial charge is 0.258 e. The van der Waals surface area contributed by atoms with Crippen molar-refractivity contribution in [3.05, 3.63) is 59.9 Å². The average molecular weight is 392 g/mol. The minimum atomic E-state index is -0.314. The first-order valence-corrected chi connectivity index (χ1v) is 8.90. The fraction of sp³-hybridized carbons (Fsp3) is 0.150. The van der Waals surface area contributed by atoms with E-state index in [-0.39, 0.29) is 19.5 Å². The molecule has 0 saturated heterocycles. The Morgan fingerprint density at radius 3 is 2.28 bits per heavy atom. The van der Waals surface area contributed by atoms with E-state index in [9.17, 15) is 4.79 Å². The van der Waals surface area contributed by atoms with Crippen LogP contribution in [0.15, 0.2) is 48.8 Å². The Labute approximate surface area is 165 Å². The number of hydrogen-bond donors (Lipinski definition) is 2. The van der Waals surface area contributed by atoms with Crippen LogP contribution in [0.5, 0.6) is 23.0 Å². The van der Waals surface area contributed by atoms with E-state index in [0.717, 1.165) is 17.1 Å². The lowest BCUT2D eigenvalue weighted by Crippen LogP contribution is -2.13. The molecular weight excluding hydrogens is 376 g/mol. The zero-order valence-corrected chi connectivity index (χ0v) is 15.2. The Hall–Kier alpha value is -4.01. The van der Waals surface area contributed by atoms with Gasteiger partial charge in [0, 0.05) is 30.7 Å². The molecule has 0 radical (unpaired) electrons. The number of nitrogens with one attached hydrogen (secondary N) is 2. The fourth-order valence-corrected chi connectivity index (χ4v) is 2.95. The van der Waals surface area contributed by atoms with Gasteiger partial charge in [0.25, 0.3) is 5.91 Å². The molecule has 2 aromatic carbocycles. The summed E-state index contributed by atoms with van der Waals surface area (Å²) in [6.45, 7) is 0.936. The summed E-state index contributed by atoms with van der Waals surface area (Å²) >= 11 is 0. The third-order valence-corrected chi connectivity index (χ3v) is 4.43. The Balaban J connectivity index is 1.20. The van der Waals surface area contributed by atoms with Gasteiger partial charge in [-0.25, -0.2) is 9.97 Å². The number of amides is 1. The molecule has 0 atom stereocenters. The lowest BCUT2D eigenvalue weighted by Gasteiger charge is -2.08. The van der Waals surface area contributed by atoms with Gasteiger partial charge in [0.1, 0.15) is 0 Å². The van der Waals surface area contributed by atoms with Gasteiger partial charge >= 0.3 is 0 Å². The van der Waals surface area contributed by atoms with Crippen LogP contribution in [-0.4, -0.2) is 29.5 Å². The molecule has 2 aliphatic rings. The van der Waals surface area contributed by atoms with Crippen molar-refractivity contribution in [3.63, 3.8) is 0 Å². The number of nitrogens with zero attached hydrogens (tertiary/aromatic N) is 2. The third-order valence-electron chi connectivity index (χ3n) is 4.43. The molecule has 1 aromatic heterocycles. The molecule has 0 spiro atoms. The molecule has 9 nitrogen and oxygen atoms in total. The molecular formula is C20H16N4O5. The van der Waals surface area contributed by atoms with Gasteiger partial charge < -0.3 is 29.6 Å². The Kier molecular flexibility index (Phi) is 4.24. The maximum Gasteiger partial charge on any atom is 0.258 e. The maximum atomic E-state index is 12.4. The van der Waals surface area contributed by atoms with Crippen molar-refractivity contribution < 1.29 is 23.7 Å². The molecule has 2 aliphatic heterocycles. The predicted molar refractivity (Wildman–Crippen MR) is 102 cm³/mol. The summed E-state index contributed by atoms with van der Waals surface area (Å²) in [4.78, 5) is 20.8. The van der Waals surface area contributed by atoms with Crippen molar-refractivity contribution in [2.45, 2.75) is 6.54 Å². The Morgan fingerprint density at radius 2 is 1.52 bits per heavy atom. The molecule has 0 aliphatic carbocycles. The van der Waals surface area contributed by atoms with Crippen LogP contribution in [-0.2, 0) is 6.54 Å². The van der Waals surface area contributed by atoms with Gasteiger partial charge in [0.05, 0.1) is 5.56 Å². The summed E-state index contributed by atoms with van der Waals surface area (Å²) in [6.07, 6.45) is 2.94. The van der Waals surface area contributed by atoms with Gasteiger partial charge in [-0.15, -0.1) is 0 Å². The van der Waals surface area contributed by atoms with Gasteiger partial charge in [-0.2, -0.15) is 0 Å². The van der Waals surface area contributed by atoms with Crippen molar-refractivity contribution in [2.24, 2.45) is 0 Å². The molecule has 2 N–H and O–H groups in total. The summed E-state index contributed by atoms with van der Waals surface area (Å²) in [6, 6.07) is 10.9. The number of ether oxygens (including phenoxy) is 4. The largest absolute Gasteiger partial charge is 0.454 e. The number of anilines is 2. The van der Waals surface area contributed by atoms with Crippen molar-refractivity contribution in [1.29, 1.82) is 0 Å². The summed E-state index contributed by atoms with van der Waals surface area (Å²) in [5.74, 6) is 2.82. The number of benzene rings is 2. The standard InChI is InChI=1S/C20H16N4O5/c25-19(24-14-2-4-16-18(6-14)29-11-27-16)13-8-22-20(23-9-13)21-7-12-1-3-15-17(5-12)28-10-26-15/h1-6,8-9H,7,10-11H2,(H,24,25)(H,21,22,23). The molecule has 0 unspecified atom stereocenters. The van der Waals surface area contributed by atoms with Crippen LogP contribution in [0.4, 0.5) is 11.6 Å². The zero-order chi connectivity index (χ0) is 19.6. The SMILES string of the molecule is O=C(Nc1ccc2c(c1)OCO2)c1cnc(NCc2ccc3c(c2)OCO3)nc1. The second-order valence-electron chi connectivity index (χ2n) is 6.36. The van der Waals surface area contributed by atoms with E-state index < -0.39 is 0 Å². The average Bonchev–Trinajstić information content (AvgIpc) is 3.41. The third kappa shape index (κ3) is 3.57. The first-order chi connectivity index (χ1) is 14.2. The maximum absolute atomic E-state index is 12.4. The molecule has 3 aromatic rings. The number of carbonyl (C=O) groups excluding carboxylic acids is 1. The number of hydrogen-bond acceptors (Lipinski definition) is 8. The highest BCUT2D eigenvalue weighted by Crippen LogP contribution is 2.34.